The molecule has 1 N–H and O–H groups in total. The monoisotopic (exact) mass is 509 g/mol. The minimum atomic E-state index is -0.292. The Morgan fingerprint density at radius 3 is 2.64 bits per heavy atom. The number of carbonyl (C=O) groups excluding carboxylic acids is 3. The van der Waals surface area contributed by atoms with Crippen molar-refractivity contribution in [2.75, 3.05) is 44.8 Å². The lowest BCUT2D eigenvalue weighted by atomic mass is 10.1. The molecule has 3 aromatic rings. The SMILES string of the molecule is CN(Cc1cc2nc(-c3cccc(O)c3)nc(N3CCOCC3)c2s1)C(=O)CCC(=O)N1CCC1=O. The number of aromatic nitrogens is 2. The van der Waals surface area contributed by atoms with E-state index >= 15 is 0 Å². The number of ether oxygens (including phenoxy) is 1. The van der Waals surface area contributed by atoms with E-state index in [1.165, 1.54) is 4.90 Å². The summed E-state index contributed by atoms with van der Waals surface area (Å²) in [7, 11) is 1.71. The number of amides is 3. The van der Waals surface area contributed by atoms with Crippen molar-refractivity contribution < 1.29 is 24.2 Å². The van der Waals surface area contributed by atoms with Crippen molar-refractivity contribution in [3.8, 4) is 17.1 Å². The van der Waals surface area contributed by atoms with E-state index in [9.17, 15) is 19.5 Å². The lowest BCUT2D eigenvalue weighted by molar-refractivity contribution is -0.153. The van der Waals surface area contributed by atoms with Crippen LogP contribution >= 0.6 is 11.3 Å². The maximum Gasteiger partial charge on any atom is 0.230 e. The van der Waals surface area contributed by atoms with Gasteiger partial charge in [0.15, 0.2) is 11.6 Å². The number of β-lactam (4-membered cyclic amide) rings is 1. The predicted octanol–water partition coefficient (Wildman–Crippen LogP) is 2.40. The van der Waals surface area contributed by atoms with Crippen LogP contribution in [0.2, 0.25) is 0 Å². The molecule has 2 saturated heterocycles. The van der Waals surface area contributed by atoms with Crippen molar-refractivity contribution in [1.29, 1.82) is 0 Å². The largest absolute Gasteiger partial charge is 0.508 e. The number of fused-ring (bicyclic) bond motifs is 1. The van der Waals surface area contributed by atoms with Crippen molar-refractivity contribution in [2.45, 2.75) is 25.8 Å². The van der Waals surface area contributed by atoms with Gasteiger partial charge in [-0.3, -0.25) is 19.3 Å². The zero-order valence-electron chi connectivity index (χ0n) is 20.0. The van der Waals surface area contributed by atoms with Gasteiger partial charge >= 0.3 is 0 Å². The molecule has 2 aliphatic heterocycles. The quantitative estimate of drug-likeness (QED) is 0.483. The highest BCUT2D eigenvalue weighted by Crippen LogP contribution is 2.35. The third-order valence-electron chi connectivity index (χ3n) is 6.34. The molecule has 0 saturated carbocycles. The smallest absolute Gasteiger partial charge is 0.230 e. The van der Waals surface area contributed by atoms with E-state index < -0.39 is 0 Å². The van der Waals surface area contributed by atoms with E-state index in [2.05, 4.69) is 4.90 Å². The van der Waals surface area contributed by atoms with Crippen LogP contribution in [0.25, 0.3) is 21.6 Å². The number of nitrogens with zero attached hydrogens (tertiary/aromatic N) is 5. The first kappa shape index (κ1) is 24.1. The topological polar surface area (TPSA) is 116 Å². The molecule has 188 valence electrons. The summed E-state index contributed by atoms with van der Waals surface area (Å²) in [6, 6.07) is 8.83. The Bertz CT molecular complexity index is 1320. The summed E-state index contributed by atoms with van der Waals surface area (Å²) >= 11 is 1.54. The molecule has 11 heteroatoms. The summed E-state index contributed by atoms with van der Waals surface area (Å²) in [6.07, 6.45) is 0.486. The average Bonchev–Trinajstić information content (AvgIpc) is 3.28. The highest BCUT2D eigenvalue weighted by Gasteiger charge is 2.30. The first-order chi connectivity index (χ1) is 17.4. The van der Waals surface area contributed by atoms with Crippen LogP contribution in [0.3, 0.4) is 0 Å². The van der Waals surface area contributed by atoms with Crippen LogP contribution in [0.15, 0.2) is 30.3 Å². The summed E-state index contributed by atoms with van der Waals surface area (Å²) in [5, 5.41) is 9.94. The fourth-order valence-electron chi connectivity index (χ4n) is 4.25. The molecular formula is C25H27N5O5S. The Kier molecular flexibility index (Phi) is 6.84. The molecule has 4 heterocycles. The van der Waals surface area contributed by atoms with E-state index in [1.54, 1.807) is 41.5 Å². The maximum atomic E-state index is 12.7. The number of hydrogen-bond acceptors (Lipinski definition) is 9. The van der Waals surface area contributed by atoms with Gasteiger partial charge in [-0.25, -0.2) is 9.97 Å². The molecule has 2 aromatic heterocycles. The molecule has 1 aromatic carbocycles. The molecular weight excluding hydrogens is 482 g/mol. The number of aromatic hydroxyl groups is 1. The van der Waals surface area contributed by atoms with Crippen molar-refractivity contribution in [1.82, 2.24) is 19.8 Å². The average molecular weight is 510 g/mol. The fraction of sp³-hybridized carbons (Fsp3) is 0.400. The lowest BCUT2D eigenvalue weighted by Gasteiger charge is -2.28. The van der Waals surface area contributed by atoms with Crippen LogP contribution in [0.1, 0.15) is 24.1 Å². The molecule has 10 nitrogen and oxygen atoms in total. The molecule has 0 radical (unpaired) electrons. The second kappa shape index (κ2) is 10.2. The molecule has 0 bridgehead atoms. The molecule has 3 amide bonds. The van der Waals surface area contributed by atoms with Gasteiger partial charge in [0.25, 0.3) is 0 Å². The van der Waals surface area contributed by atoms with Gasteiger partial charge in [-0.15, -0.1) is 11.3 Å². The minimum Gasteiger partial charge on any atom is -0.508 e. The minimum absolute atomic E-state index is 0.0290. The number of imide groups is 1. The molecule has 2 fully saturated rings. The second-order valence-corrected chi connectivity index (χ2v) is 10.0. The number of likely N-dealkylation sites (tertiary alicyclic amines) is 1. The zero-order chi connectivity index (χ0) is 25.2. The van der Waals surface area contributed by atoms with E-state index in [-0.39, 0.29) is 36.3 Å². The Balaban J connectivity index is 1.36. The second-order valence-electron chi connectivity index (χ2n) is 8.89. The number of phenolic OH excluding ortho intramolecular Hbond substituents is 1. The van der Waals surface area contributed by atoms with Gasteiger partial charge in [-0.2, -0.15) is 0 Å². The molecule has 0 spiro atoms. The number of morpholine rings is 1. The molecule has 2 aliphatic rings. The summed E-state index contributed by atoms with van der Waals surface area (Å²) in [6.45, 7) is 3.48. The summed E-state index contributed by atoms with van der Waals surface area (Å²) in [5.74, 6) is 0.860. The zero-order valence-corrected chi connectivity index (χ0v) is 20.8. The van der Waals surface area contributed by atoms with Gasteiger partial charge in [0.05, 0.1) is 30.0 Å². The van der Waals surface area contributed by atoms with Crippen LogP contribution in [0.5, 0.6) is 5.75 Å². The number of benzene rings is 1. The lowest BCUT2D eigenvalue weighted by Crippen LogP contribution is -2.47. The molecule has 5 rings (SSSR count). The third kappa shape index (κ3) is 5.02. The predicted molar refractivity (Wildman–Crippen MR) is 135 cm³/mol. The normalized spacial score (nSPS) is 15.8. The summed E-state index contributed by atoms with van der Waals surface area (Å²) < 4.78 is 6.45. The summed E-state index contributed by atoms with van der Waals surface area (Å²) in [4.78, 5) is 51.7. The number of thiophene rings is 1. The number of carbonyl (C=O) groups is 3. The fourth-order valence-corrected chi connectivity index (χ4v) is 5.41. The number of phenols is 1. The standard InChI is InChI=1S/C25H27N5O5S/c1-28(20(32)5-6-21(33)30-8-7-22(30)34)15-18-14-19-23(36-18)25(29-9-11-35-12-10-29)27-24(26-19)16-3-2-4-17(31)13-16/h2-4,13-14,31H,5-12,15H2,1H3. The van der Waals surface area contributed by atoms with Gasteiger partial charge < -0.3 is 19.6 Å². The highest BCUT2D eigenvalue weighted by molar-refractivity contribution is 7.19. The van der Waals surface area contributed by atoms with Gasteiger partial charge in [0.1, 0.15) is 5.75 Å². The van der Waals surface area contributed by atoms with Crippen molar-refractivity contribution in [3.05, 3.63) is 35.2 Å². The van der Waals surface area contributed by atoms with E-state index in [0.29, 0.717) is 51.6 Å². The van der Waals surface area contributed by atoms with Crippen LogP contribution in [0.4, 0.5) is 5.82 Å². The Labute approximate surface area is 212 Å². The maximum absolute atomic E-state index is 12.7. The van der Waals surface area contributed by atoms with Crippen LogP contribution in [-0.4, -0.2) is 82.5 Å². The van der Waals surface area contributed by atoms with Crippen LogP contribution in [-0.2, 0) is 25.7 Å². The Morgan fingerprint density at radius 2 is 1.94 bits per heavy atom. The van der Waals surface area contributed by atoms with Crippen molar-refractivity contribution in [3.63, 3.8) is 0 Å². The molecule has 0 unspecified atom stereocenters. The van der Waals surface area contributed by atoms with Crippen LogP contribution in [0, 0.1) is 0 Å². The molecule has 0 atom stereocenters. The number of anilines is 1. The first-order valence-corrected chi connectivity index (χ1v) is 12.7. The van der Waals surface area contributed by atoms with Crippen molar-refractivity contribution in [2.24, 2.45) is 0 Å². The van der Waals surface area contributed by atoms with E-state index in [1.807, 2.05) is 12.1 Å². The first-order valence-electron chi connectivity index (χ1n) is 11.9. The van der Waals surface area contributed by atoms with Gasteiger partial charge in [-0.05, 0) is 18.2 Å². The Hall–Kier alpha value is -3.57. The summed E-state index contributed by atoms with van der Waals surface area (Å²) in [5.41, 5.74) is 1.49. The van der Waals surface area contributed by atoms with Crippen molar-refractivity contribution >= 4 is 45.1 Å². The van der Waals surface area contributed by atoms with E-state index in [0.717, 1.165) is 26.5 Å². The molecule has 36 heavy (non-hydrogen) atoms. The van der Waals surface area contributed by atoms with Crippen LogP contribution < -0.4 is 4.90 Å². The van der Waals surface area contributed by atoms with Gasteiger partial charge in [0, 0.05) is 56.4 Å². The highest BCUT2D eigenvalue weighted by atomic mass is 32.1. The molecule has 0 aliphatic carbocycles. The van der Waals surface area contributed by atoms with Gasteiger partial charge in [-0.1, -0.05) is 12.1 Å². The number of hydrogen-bond donors (Lipinski definition) is 1. The van der Waals surface area contributed by atoms with E-state index in [4.69, 9.17) is 14.7 Å². The third-order valence-corrected chi connectivity index (χ3v) is 7.45. The number of rotatable bonds is 7. The Morgan fingerprint density at radius 1 is 1.14 bits per heavy atom. The van der Waals surface area contributed by atoms with Gasteiger partial charge in [0.2, 0.25) is 17.7 Å².